The van der Waals surface area contributed by atoms with Crippen molar-refractivity contribution >= 4 is 23.2 Å². The lowest BCUT2D eigenvalue weighted by molar-refractivity contribution is -0.207. The van der Waals surface area contributed by atoms with Crippen LogP contribution in [0.5, 0.6) is 0 Å². The number of halogens is 5. The van der Waals surface area contributed by atoms with Gasteiger partial charge in [-0.1, -0.05) is 11.6 Å². The normalized spacial score (nSPS) is 15.2. The molecule has 1 fully saturated rings. The van der Waals surface area contributed by atoms with E-state index in [9.17, 15) is 32.3 Å². The second-order valence-electron chi connectivity index (χ2n) is 8.84. The molecule has 1 unspecified atom stereocenters. The molecule has 0 bridgehead atoms. The molecule has 0 radical (unpaired) electrons. The highest BCUT2D eigenvalue weighted by Crippen LogP contribution is 2.40. The van der Waals surface area contributed by atoms with E-state index in [0.717, 1.165) is 4.68 Å². The quantitative estimate of drug-likeness (QED) is 0.313. The summed E-state index contributed by atoms with van der Waals surface area (Å²) in [4.78, 5) is 33.5. The zero-order chi connectivity index (χ0) is 27.9. The minimum absolute atomic E-state index is 0.0351. The SMILES string of the molecule is O=C(Nc1cccnc1-n1cnc(Cn2nc(-c3ccc(Cl)cc3)n(CC(O)C(F)(F)F)c2=O)n1)C1(F)CC1. The number of aliphatic hydroxyl groups is 1. The number of hydrogen-bond donors (Lipinski definition) is 2. The Hall–Kier alpha value is -4.11. The van der Waals surface area contributed by atoms with Crippen LogP contribution in [0.4, 0.5) is 23.2 Å². The maximum absolute atomic E-state index is 14.1. The number of aromatic nitrogens is 7. The zero-order valence-corrected chi connectivity index (χ0v) is 20.6. The molecule has 2 N–H and O–H groups in total. The van der Waals surface area contributed by atoms with Gasteiger partial charge >= 0.3 is 11.9 Å². The van der Waals surface area contributed by atoms with Gasteiger partial charge in [0.1, 0.15) is 12.9 Å². The van der Waals surface area contributed by atoms with Gasteiger partial charge in [-0.3, -0.25) is 9.36 Å². The zero-order valence-electron chi connectivity index (χ0n) is 19.8. The highest BCUT2D eigenvalue weighted by atomic mass is 35.5. The number of aliphatic hydroxyl groups excluding tert-OH is 1. The minimum atomic E-state index is -4.96. The molecule has 11 nitrogen and oxygen atoms in total. The molecule has 0 aliphatic heterocycles. The molecule has 3 aromatic heterocycles. The maximum atomic E-state index is 14.1. The summed E-state index contributed by atoms with van der Waals surface area (Å²) in [6, 6.07) is 8.94. The molecule has 4 aromatic rings. The van der Waals surface area contributed by atoms with Crippen LogP contribution in [0.2, 0.25) is 5.02 Å². The molecule has 5 rings (SSSR count). The fourth-order valence-electron chi connectivity index (χ4n) is 3.65. The van der Waals surface area contributed by atoms with Crippen LogP contribution >= 0.6 is 11.6 Å². The summed E-state index contributed by atoms with van der Waals surface area (Å²) < 4.78 is 56.1. The number of hydrogen-bond acceptors (Lipinski definition) is 7. The molecule has 0 saturated heterocycles. The number of benzene rings is 1. The fraction of sp³-hybridized carbons (Fsp3) is 0.304. The molecule has 1 saturated carbocycles. The van der Waals surface area contributed by atoms with E-state index in [2.05, 4.69) is 25.5 Å². The van der Waals surface area contributed by atoms with Crippen LogP contribution in [0.3, 0.4) is 0 Å². The molecular weight excluding hydrogens is 548 g/mol. The lowest BCUT2D eigenvalue weighted by Gasteiger charge is -2.15. The van der Waals surface area contributed by atoms with Gasteiger partial charge in [0.25, 0.3) is 5.91 Å². The Morgan fingerprint density at radius 1 is 1.15 bits per heavy atom. The predicted molar refractivity (Wildman–Crippen MR) is 129 cm³/mol. The number of carbonyl (C=O) groups excluding carboxylic acids is 1. The third-order valence-electron chi connectivity index (χ3n) is 5.94. The molecule has 1 aliphatic carbocycles. The summed E-state index contributed by atoms with van der Waals surface area (Å²) in [5.41, 5.74) is -2.39. The van der Waals surface area contributed by atoms with E-state index in [1.54, 1.807) is 0 Å². The van der Waals surface area contributed by atoms with Gasteiger partial charge in [-0.25, -0.2) is 28.5 Å². The summed E-state index contributed by atoms with van der Waals surface area (Å²) >= 11 is 5.90. The highest BCUT2D eigenvalue weighted by molar-refractivity contribution is 6.30. The number of nitrogens with one attached hydrogen (secondary N) is 1. The summed E-state index contributed by atoms with van der Waals surface area (Å²) in [7, 11) is 0. The van der Waals surface area contributed by atoms with Crippen LogP contribution in [0.1, 0.15) is 18.7 Å². The molecule has 204 valence electrons. The van der Waals surface area contributed by atoms with Crippen LogP contribution in [-0.2, 0) is 17.9 Å². The number of pyridine rings is 1. The van der Waals surface area contributed by atoms with Gasteiger partial charge in [-0.05, 0) is 49.2 Å². The molecule has 1 atom stereocenters. The van der Waals surface area contributed by atoms with Crippen LogP contribution < -0.4 is 11.0 Å². The standard InChI is InChI=1S/C23H19ClF4N8O3/c24-14-5-3-13(4-6-14)18-33-35(21(39)34(18)10-16(37)23(26,27)28)11-17-30-12-36(32-17)19-15(2-1-9-29-19)31-20(38)22(25)7-8-22/h1-6,9,12,16,37H,7-8,10-11H2,(H,31,38). The van der Waals surface area contributed by atoms with E-state index in [4.69, 9.17) is 11.6 Å². The van der Waals surface area contributed by atoms with Gasteiger partial charge < -0.3 is 10.4 Å². The number of anilines is 1. The molecule has 1 aromatic carbocycles. The Morgan fingerprint density at radius 2 is 1.87 bits per heavy atom. The summed E-state index contributed by atoms with van der Waals surface area (Å²) in [5.74, 6) is -0.769. The molecule has 3 heterocycles. The maximum Gasteiger partial charge on any atom is 0.416 e. The summed E-state index contributed by atoms with van der Waals surface area (Å²) in [5, 5.41) is 20.8. The predicted octanol–water partition coefficient (Wildman–Crippen LogP) is 2.75. The average molecular weight is 567 g/mol. The first-order valence-corrected chi connectivity index (χ1v) is 11.9. The van der Waals surface area contributed by atoms with E-state index in [1.807, 2.05) is 0 Å². The summed E-state index contributed by atoms with van der Waals surface area (Å²) in [6.07, 6.45) is -4.86. The van der Waals surface area contributed by atoms with Crippen molar-refractivity contribution in [3.63, 3.8) is 0 Å². The molecule has 0 spiro atoms. The number of amides is 1. The van der Waals surface area contributed by atoms with Crippen molar-refractivity contribution in [1.82, 2.24) is 34.1 Å². The molecular formula is C23H19ClF4N8O3. The number of nitrogens with zero attached hydrogens (tertiary/aromatic N) is 7. The summed E-state index contributed by atoms with van der Waals surface area (Å²) in [6.45, 7) is -1.43. The van der Waals surface area contributed by atoms with Crippen molar-refractivity contribution < 1.29 is 27.5 Å². The third kappa shape index (κ3) is 5.54. The first kappa shape index (κ1) is 26.5. The van der Waals surface area contributed by atoms with Crippen LogP contribution in [0, 0.1) is 0 Å². The lowest BCUT2D eigenvalue weighted by Crippen LogP contribution is -2.37. The van der Waals surface area contributed by atoms with Gasteiger partial charge in [-0.15, -0.1) is 10.2 Å². The third-order valence-corrected chi connectivity index (χ3v) is 6.19. The van der Waals surface area contributed by atoms with Gasteiger partial charge in [0.15, 0.2) is 29.2 Å². The molecule has 39 heavy (non-hydrogen) atoms. The first-order chi connectivity index (χ1) is 18.4. The smallest absolute Gasteiger partial charge is 0.382 e. The van der Waals surface area contributed by atoms with Crippen molar-refractivity contribution in [1.29, 1.82) is 0 Å². The van der Waals surface area contributed by atoms with Gasteiger partial charge in [0, 0.05) is 16.8 Å². The lowest BCUT2D eigenvalue weighted by atomic mass is 10.2. The minimum Gasteiger partial charge on any atom is -0.382 e. The number of alkyl halides is 4. The van der Waals surface area contributed by atoms with E-state index < -0.39 is 36.1 Å². The average Bonchev–Trinajstić information content (AvgIpc) is 3.36. The second-order valence-corrected chi connectivity index (χ2v) is 9.27. The Kier molecular flexibility index (Phi) is 6.72. The topological polar surface area (TPSA) is 133 Å². The number of rotatable bonds is 8. The van der Waals surface area contributed by atoms with Gasteiger partial charge in [0.2, 0.25) is 0 Å². The van der Waals surface area contributed by atoms with Crippen molar-refractivity contribution in [3.05, 3.63) is 70.3 Å². The van der Waals surface area contributed by atoms with Crippen molar-refractivity contribution in [2.45, 2.75) is 43.9 Å². The van der Waals surface area contributed by atoms with E-state index in [-0.39, 0.29) is 42.5 Å². The number of carbonyl (C=O) groups is 1. The van der Waals surface area contributed by atoms with E-state index in [0.29, 0.717) is 15.2 Å². The van der Waals surface area contributed by atoms with E-state index >= 15 is 0 Å². The Morgan fingerprint density at radius 3 is 2.54 bits per heavy atom. The molecule has 1 aliphatic rings. The Bertz CT molecular complexity index is 1580. The first-order valence-electron chi connectivity index (χ1n) is 11.5. The Labute approximate surface area is 221 Å². The van der Waals surface area contributed by atoms with Gasteiger partial charge in [0.05, 0.1) is 12.2 Å². The van der Waals surface area contributed by atoms with Crippen LogP contribution in [0.25, 0.3) is 17.2 Å². The second kappa shape index (κ2) is 9.89. The van der Waals surface area contributed by atoms with Crippen LogP contribution in [-0.4, -0.2) is 63.1 Å². The molecule has 1 amide bonds. The van der Waals surface area contributed by atoms with Crippen molar-refractivity contribution in [2.24, 2.45) is 0 Å². The van der Waals surface area contributed by atoms with Gasteiger partial charge in [-0.2, -0.15) is 13.2 Å². The fourth-order valence-corrected chi connectivity index (χ4v) is 3.78. The van der Waals surface area contributed by atoms with Crippen molar-refractivity contribution in [3.8, 4) is 17.2 Å². The monoisotopic (exact) mass is 566 g/mol. The van der Waals surface area contributed by atoms with Crippen molar-refractivity contribution in [2.75, 3.05) is 5.32 Å². The van der Waals surface area contributed by atoms with Crippen LogP contribution in [0.15, 0.2) is 53.7 Å². The van der Waals surface area contributed by atoms with E-state index in [1.165, 1.54) is 53.6 Å². The molecule has 16 heteroatoms. The largest absolute Gasteiger partial charge is 0.416 e. The highest BCUT2D eigenvalue weighted by Gasteiger charge is 2.51. The Balaban J connectivity index is 1.44.